The van der Waals surface area contributed by atoms with Crippen LogP contribution in [0.4, 0.5) is 17.1 Å². The van der Waals surface area contributed by atoms with Crippen molar-refractivity contribution in [2.24, 2.45) is 0 Å². The maximum Gasteiger partial charge on any atom is 0.124 e. The number of hydrogen-bond acceptors (Lipinski definition) is 3. The molecule has 0 aliphatic heterocycles. The van der Waals surface area contributed by atoms with E-state index in [1.165, 1.54) is 171 Å². The fourth-order valence-corrected chi connectivity index (χ4v) is 11.0. The van der Waals surface area contributed by atoms with Crippen LogP contribution in [-0.2, 0) is 5.41 Å². The molecule has 0 unspecified atom stereocenters. The molecule has 1 aromatic heterocycles. The molecule has 1 heterocycles. The standard InChI is InChI=1S/C60H68N2S/c1-3-5-7-9-11-13-15-25-43-60(44-26-16-14-12-10-8-6-4-2)55-45-48(34-33-47-35-38-49(39-36-47)59-61-57-31-23-24-32-58(57)63-59)37-41-53(55)54-42-40-52(46-56(54)60)62(50-27-19-17-20-28-50)51-29-21-18-22-30-51/h17-24,27-42,45-46H,3-16,25-26,43-44H2,1-2H3. The summed E-state index contributed by atoms with van der Waals surface area (Å²) < 4.78 is 1.23. The van der Waals surface area contributed by atoms with Gasteiger partial charge in [0.1, 0.15) is 5.01 Å². The maximum atomic E-state index is 4.91. The van der Waals surface area contributed by atoms with Crippen molar-refractivity contribution < 1.29 is 0 Å². The highest BCUT2D eigenvalue weighted by Crippen LogP contribution is 2.56. The van der Waals surface area contributed by atoms with Gasteiger partial charge in [0.05, 0.1) is 10.2 Å². The first-order valence-corrected chi connectivity index (χ1v) is 25.3. The van der Waals surface area contributed by atoms with Crippen LogP contribution < -0.4 is 4.90 Å². The topological polar surface area (TPSA) is 16.1 Å². The predicted octanol–water partition coefficient (Wildman–Crippen LogP) is 18.9. The van der Waals surface area contributed by atoms with Crippen LogP contribution in [0.15, 0.2) is 146 Å². The minimum Gasteiger partial charge on any atom is -0.310 e. The fourth-order valence-electron chi connectivity index (χ4n) is 10.1. The third-order valence-corrected chi connectivity index (χ3v) is 14.6. The number of aromatic nitrogens is 1. The van der Waals surface area contributed by atoms with Gasteiger partial charge in [-0.25, -0.2) is 4.98 Å². The summed E-state index contributed by atoms with van der Waals surface area (Å²) in [6, 6.07) is 54.0. The molecule has 0 N–H and O–H groups in total. The Kier molecular flexibility index (Phi) is 15.8. The van der Waals surface area contributed by atoms with Crippen LogP contribution in [0.2, 0.25) is 0 Å². The van der Waals surface area contributed by atoms with Crippen LogP contribution in [0.1, 0.15) is 152 Å². The Morgan fingerprint density at radius 3 is 1.54 bits per heavy atom. The van der Waals surface area contributed by atoms with Gasteiger partial charge >= 0.3 is 0 Å². The minimum atomic E-state index is -0.0348. The lowest BCUT2D eigenvalue weighted by atomic mass is 9.70. The second-order valence-electron chi connectivity index (χ2n) is 18.0. The van der Waals surface area contributed by atoms with Gasteiger partial charge in [-0.3, -0.25) is 0 Å². The van der Waals surface area contributed by atoms with Gasteiger partial charge < -0.3 is 4.90 Å². The second kappa shape index (κ2) is 22.4. The first-order valence-electron chi connectivity index (χ1n) is 24.5. The highest BCUT2D eigenvalue weighted by atomic mass is 32.1. The van der Waals surface area contributed by atoms with Gasteiger partial charge in [-0.1, -0.05) is 226 Å². The summed E-state index contributed by atoms with van der Waals surface area (Å²) in [5.41, 5.74) is 14.3. The van der Waals surface area contributed by atoms with Gasteiger partial charge in [0.25, 0.3) is 0 Å². The molecule has 0 fully saturated rings. The van der Waals surface area contributed by atoms with E-state index in [-0.39, 0.29) is 5.41 Å². The lowest BCUT2D eigenvalue weighted by Crippen LogP contribution is -2.26. The summed E-state index contributed by atoms with van der Waals surface area (Å²) in [4.78, 5) is 7.36. The first-order chi connectivity index (χ1) is 31.2. The Labute approximate surface area is 383 Å². The molecule has 0 radical (unpaired) electrons. The van der Waals surface area contributed by atoms with Crippen LogP contribution in [0.25, 0.3) is 44.1 Å². The molecular formula is C60H68N2S. The van der Waals surface area contributed by atoms with E-state index in [4.69, 9.17) is 4.98 Å². The van der Waals surface area contributed by atoms with Crippen LogP contribution in [0.3, 0.4) is 0 Å². The van der Waals surface area contributed by atoms with Crippen LogP contribution in [0, 0.1) is 0 Å². The number of para-hydroxylation sites is 3. The summed E-state index contributed by atoms with van der Waals surface area (Å²) in [5.74, 6) is 0. The Morgan fingerprint density at radius 1 is 0.460 bits per heavy atom. The summed E-state index contributed by atoms with van der Waals surface area (Å²) >= 11 is 1.76. The van der Waals surface area contributed by atoms with Crippen molar-refractivity contribution in [1.82, 2.24) is 4.98 Å². The molecule has 1 aliphatic rings. The minimum absolute atomic E-state index is 0.0348. The average molecular weight is 849 g/mol. The number of unbranched alkanes of at least 4 members (excludes halogenated alkanes) is 14. The van der Waals surface area contributed by atoms with E-state index in [9.17, 15) is 0 Å². The van der Waals surface area contributed by atoms with Crippen molar-refractivity contribution in [3.8, 4) is 21.7 Å². The third-order valence-electron chi connectivity index (χ3n) is 13.5. The second-order valence-corrected chi connectivity index (χ2v) is 19.0. The zero-order valence-corrected chi connectivity index (χ0v) is 38.9. The van der Waals surface area contributed by atoms with E-state index in [1.54, 1.807) is 16.9 Å². The van der Waals surface area contributed by atoms with Gasteiger partial charge in [0.15, 0.2) is 0 Å². The van der Waals surface area contributed by atoms with Gasteiger partial charge in [0, 0.05) is 28.0 Å². The third kappa shape index (κ3) is 10.9. The molecule has 6 aromatic carbocycles. The zero-order chi connectivity index (χ0) is 43.1. The molecule has 3 heteroatoms. The van der Waals surface area contributed by atoms with Crippen molar-refractivity contribution in [2.75, 3.05) is 4.90 Å². The SMILES string of the molecule is CCCCCCCCCCC1(CCCCCCCCCC)c2cc(C=Cc3ccc(-c4nc5ccccc5s4)cc3)ccc2-c2ccc(N(c3ccccc3)c3ccccc3)cc21. The van der Waals surface area contributed by atoms with Crippen molar-refractivity contribution in [2.45, 2.75) is 135 Å². The number of thiazole rings is 1. The average Bonchev–Trinajstić information content (AvgIpc) is 3.88. The largest absolute Gasteiger partial charge is 0.310 e. The lowest BCUT2D eigenvalue weighted by Gasteiger charge is -2.34. The first kappa shape index (κ1) is 44.4. The quantitative estimate of drug-likeness (QED) is 0.0445. The van der Waals surface area contributed by atoms with E-state index in [1.807, 2.05) is 0 Å². The monoisotopic (exact) mass is 849 g/mol. The number of hydrogen-bond donors (Lipinski definition) is 0. The summed E-state index contributed by atoms with van der Waals surface area (Å²) in [5, 5.41) is 1.08. The van der Waals surface area contributed by atoms with Crippen LogP contribution in [-0.4, -0.2) is 4.98 Å². The van der Waals surface area contributed by atoms with Gasteiger partial charge in [-0.05, 0) is 94.8 Å². The molecule has 2 nitrogen and oxygen atoms in total. The molecule has 1 aliphatic carbocycles. The Balaban J connectivity index is 1.13. The Morgan fingerprint density at radius 2 is 0.952 bits per heavy atom. The number of nitrogens with zero attached hydrogens (tertiary/aromatic N) is 2. The smallest absolute Gasteiger partial charge is 0.124 e. The molecule has 0 amide bonds. The van der Waals surface area contributed by atoms with Crippen molar-refractivity contribution in [3.63, 3.8) is 0 Å². The van der Waals surface area contributed by atoms with Gasteiger partial charge in [0.2, 0.25) is 0 Å². The van der Waals surface area contributed by atoms with Crippen molar-refractivity contribution >= 4 is 50.8 Å². The molecule has 0 spiro atoms. The van der Waals surface area contributed by atoms with E-state index >= 15 is 0 Å². The summed E-state index contributed by atoms with van der Waals surface area (Å²) in [6.07, 6.45) is 28.4. The van der Waals surface area contributed by atoms with Crippen LogP contribution in [0.5, 0.6) is 0 Å². The number of fused-ring (bicyclic) bond motifs is 4. The highest BCUT2D eigenvalue weighted by molar-refractivity contribution is 7.21. The molecule has 0 saturated carbocycles. The zero-order valence-electron chi connectivity index (χ0n) is 38.0. The molecular weight excluding hydrogens is 781 g/mol. The Hall–Kier alpha value is -5.25. The lowest BCUT2D eigenvalue weighted by molar-refractivity contribution is 0.397. The van der Waals surface area contributed by atoms with Crippen LogP contribution >= 0.6 is 11.3 Å². The number of benzene rings is 6. The van der Waals surface area contributed by atoms with E-state index in [0.717, 1.165) is 10.5 Å². The predicted molar refractivity (Wildman–Crippen MR) is 276 cm³/mol. The van der Waals surface area contributed by atoms with Gasteiger partial charge in [-0.15, -0.1) is 11.3 Å². The van der Waals surface area contributed by atoms with E-state index in [0.29, 0.717) is 0 Å². The fraction of sp³-hybridized carbons (Fsp3) is 0.350. The maximum absolute atomic E-state index is 4.91. The Bertz CT molecular complexity index is 2400. The molecule has 63 heavy (non-hydrogen) atoms. The van der Waals surface area contributed by atoms with E-state index < -0.39 is 0 Å². The van der Waals surface area contributed by atoms with Gasteiger partial charge in [-0.2, -0.15) is 0 Å². The normalized spacial score (nSPS) is 12.9. The molecule has 0 saturated heterocycles. The molecule has 0 atom stereocenters. The number of rotatable bonds is 24. The molecule has 7 aromatic rings. The van der Waals surface area contributed by atoms with Crippen molar-refractivity contribution in [3.05, 3.63) is 168 Å². The van der Waals surface area contributed by atoms with E-state index in [2.05, 4.69) is 176 Å². The molecule has 8 rings (SSSR count). The molecule has 0 bridgehead atoms. The molecule has 324 valence electrons. The number of anilines is 3. The summed E-state index contributed by atoms with van der Waals surface area (Å²) in [7, 11) is 0. The van der Waals surface area contributed by atoms with Crippen molar-refractivity contribution in [1.29, 1.82) is 0 Å². The highest BCUT2D eigenvalue weighted by Gasteiger charge is 2.42. The summed E-state index contributed by atoms with van der Waals surface area (Å²) in [6.45, 7) is 4.63.